The van der Waals surface area contributed by atoms with Crippen molar-refractivity contribution in [3.63, 3.8) is 0 Å². The number of nitrogens with zero attached hydrogens (tertiary/aromatic N) is 3. The Morgan fingerprint density at radius 3 is 1.98 bits per heavy atom. The van der Waals surface area contributed by atoms with Crippen LogP contribution in [-0.2, 0) is 35.2 Å². The number of nitrogens with two attached hydrogens (primary N) is 3. The third-order valence-electron chi connectivity index (χ3n) is 8.90. The van der Waals surface area contributed by atoms with Crippen molar-refractivity contribution in [2.75, 3.05) is 26.2 Å². The Morgan fingerprint density at radius 2 is 1.40 bits per heavy atom. The number of aliphatic imine (C=N–C) groups is 1. The van der Waals surface area contributed by atoms with E-state index >= 15 is 0 Å². The van der Waals surface area contributed by atoms with Crippen LogP contribution in [-0.4, -0.2) is 118 Å². The summed E-state index contributed by atoms with van der Waals surface area (Å²) in [5.41, 5.74) is 18.3. The van der Waals surface area contributed by atoms with E-state index in [2.05, 4.69) is 10.3 Å². The monoisotopic (exact) mass is 819 g/mol. The Balaban J connectivity index is 0.000000682. The number of ketones is 1. The van der Waals surface area contributed by atoms with Gasteiger partial charge in [0.25, 0.3) is 0 Å². The van der Waals surface area contributed by atoms with Gasteiger partial charge in [-0.05, 0) is 67.7 Å². The Kier molecular flexibility index (Phi) is 18.7. The van der Waals surface area contributed by atoms with Gasteiger partial charge in [0.05, 0.1) is 12.1 Å². The van der Waals surface area contributed by atoms with Gasteiger partial charge in [-0.1, -0.05) is 42.5 Å². The van der Waals surface area contributed by atoms with E-state index in [9.17, 15) is 45.5 Å². The second-order valence-electron chi connectivity index (χ2n) is 13.2. The van der Waals surface area contributed by atoms with Crippen LogP contribution in [0.2, 0.25) is 0 Å². The number of fused-ring (bicyclic) bond motifs is 1. The molecule has 21 heteroatoms. The molecule has 3 atom stereocenters. The molecule has 0 aromatic heterocycles. The zero-order valence-electron chi connectivity index (χ0n) is 30.9. The SMILES string of the molecule is NC(N)=NCCCC(NC(=O)[C@@H]1CCCN1C(=O)C(N)Cc1cccc2ccccc12)C(=O)CCC(=O)N1CCCCC1.O=C(O)C(F)(F)F.O=C(O)C(F)(F)F. The number of carbonyl (C=O) groups excluding carboxylic acids is 4. The molecule has 15 nitrogen and oxygen atoms in total. The van der Waals surface area contributed by atoms with Gasteiger partial charge in [-0.25, -0.2) is 9.59 Å². The number of carboxylic acid groups (broad SMARTS) is 2. The molecule has 2 aromatic carbocycles. The molecule has 2 aliphatic heterocycles. The van der Waals surface area contributed by atoms with E-state index in [0.29, 0.717) is 45.2 Å². The number of Topliss-reactive ketones (excluding diaryl/α,β-unsaturated/α-hetero) is 1. The first-order chi connectivity index (χ1) is 26.6. The summed E-state index contributed by atoms with van der Waals surface area (Å²) in [5.74, 6) is -6.48. The van der Waals surface area contributed by atoms with Crippen molar-refractivity contribution < 1.29 is 65.3 Å². The molecular weight excluding hydrogens is 772 g/mol. The number of guanidine groups is 1. The molecule has 2 unspecified atom stereocenters. The highest BCUT2D eigenvalue weighted by atomic mass is 19.4. The van der Waals surface area contributed by atoms with Crippen molar-refractivity contribution >= 4 is 52.2 Å². The van der Waals surface area contributed by atoms with E-state index in [1.807, 2.05) is 47.4 Å². The Labute approximate surface area is 323 Å². The van der Waals surface area contributed by atoms with Crippen molar-refractivity contribution in [3.8, 4) is 0 Å². The third kappa shape index (κ3) is 16.3. The summed E-state index contributed by atoms with van der Waals surface area (Å²) < 4.78 is 63.5. The molecule has 2 aliphatic rings. The molecule has 2 aromatic rings. The van der Waals surface area contributed by atoms with Crippen LogP contribution >= 0.6 is 0 Å². The first kappa shape index (κ1) is 47.7. The van der Waals surface area contributed by atoms with E-state index in [4.69, 9.17) is 37.0 Å². The van der Waals surface area contributed by atoms with Gasteiger partial charge in [0.1, 0.15) is 6.04 Å². The van der Waals surface area contributed by atoms with Crippen LogP contribution in [0.15, 0.2) is 47.5 Å². The number of benzene rings is 2. The molecule has 2 heterocycles. The first-order valence-corrected chi connectivity index (χ1v) is 17.9. The fourth-order valence-electron chi connectivity index (χ4n) is 6.10. The Morgan fingerprint density at radius 1 is 0.825 bits per heavy atom. The van der Waals surface area contributed by atoms with Crippen LogP contribution in [0.1, 0.15) is 63.4 Å². The fraction of sp³-hybridized carbons (Fsp3) is 0.528. The Bertz CT molecular complexity index is 1700. The fourth-order valence-corrected chi connectivity index (χ4v) is 6.10. The van der Waals surface area contributed by atoms with Gasteiger partial charge in [-0.2, -0.15) is 26.3 Å². The summed E-state index contributed by atoms with van der Waals surface area (Å²) >= 11 is 0. The molecule has 0 bridgehead atoms. The minimum atomic E-state index is -5.08. The second kappa shape index (κ2) is 22.3. The maximum absolute atomic E-state index is 13.5. The molecule has 316 valence electrons. The van der Waals surface area contributed by atoms with E-state index in [1.54, 1.807) is 4.90 Å². The number of carbonyl (C=O) groups is 6. The number of hydrogen-bond acceptors (Lipinski definition) is 8. The molecule has 3 amide bonds. The number of nitrogens with one attached hydrogen (secondary N) is 1. The number of alkyl halides is 6. The molecule has 9 N–H and O–H groups in total. The minimum absolute atomic E-state index is 0.0335. The largest absolute Gasteiger partial charge is 0.490 e. The standard InChI is InChI=1S/C32H45N7O4.2C2HF3O2/c33-25(21-23-11-6-10-22-9-2-3-12-24(22)23)31(43)39-20-8-14-27(39)30(42)37-26(13-7-17-36-32(34)35)28(40)15-16-29(41)38-18-4-1-5-19-38;2*3-2(4,5)1(6)7/h2-3,6,9-12,25-27H,1,4-5,7-8,13-21,33H2,(H,37,42)(H4,34,35,36);2*(H,6,7)/t25?,26?,27-;;/m0../s1. The molecule has 57 heavy (non-hydrogen) atoms. The van der Waals surface area contributed by atoms with E-state index < -0.39 is 42.4 Å². The first-order valence-electron chi connectivity index (χ1n) is 17.9. The molecule has 0 saturated carbocycles. The molecule has 2 fully saturated rings. The number of halogens is 6. The van der Waals surface area contributed by atoms with Gasteiger partial charge in [0, 0.05) is 39.0 Å². The third-order valence-corrected chi connectivity index (χ3v) is 8.90. The molecular formula is C36H47F6N7O8. The van der Waals surface area contributed by atoms with E-state index in [0.717, 1.165) is 48.7 Å². The number of rotatable bonds is 13. The van der Waals surface area contributed by atoms with Crippen LogP contribution in [0, 0.1) is 0 Å². The summed E-state index contributed by atoms with van der Waals surface area (Å²) in [5, 5.41) is 19.3. The van der Waals surface area contributed by atoms with Gasteiger partial charge in [-0.3, -0.25) is 24.2 Å². The van der Waals surface area contributed by atoms with Crippen molar-refractivity contribution in [2.45, 2.75) is 94.7 Å². The lowest BCUT2D eigenvalue weighted by molar-refractivity contribution is -0.193. The number of hydrogen-bond donors (Lipinski definition) is 6. The summed E-state index contributed by atoms with van der Waals surface area (Å²) in [4.78, 5) is 78.1. The predicted octanol–water partition coefficient (Wildman–Crippen LogP) is 2.87. The smallest absolute Gasteiger partial charge is 0.475 e. The highest BCUT2D eigenvalue weighted by Crippen LogP contribution is 2.23. The van der Waals surface area contributed by atoms with E-state index in [-0.39, 0.29) is 42.3 Å². The maximum atomic E-state index is 13.5. The summed E-state index contributed by atoms with van der Waals surface area (Å²) in [6.45, 7) is 2.18. The van der Waals surface area contributed by atoms with Gasteiger partial charge >= 0.3 is 24.3 Å². The average Bonchev–Trinajstić information content (AvgIpc) is 3.65. The number of carboxylic acids is 2. The Hall–Kier alpha value is -5.47. The van der Waals surface area contributed by atoms with E-state index in [1.165, 1.54) is 0 Å². The highest BCUT2D eigenvalue weighted by molar-refractivity contribution is 5.95. The molecule has 2 saturated heterocycles. The summed E-state index contributed by atoms with van der Waals surface area (Å²) in [6, 6.07) is 11.6. The summed E-state index contributed by atoms with van der Waals surface area (Å²) in [7, 11) is 0. The van der Waals surface area contributed by atoms with Crippen LogP contribution < -0.4 is 22.5 Å². The normalized spacial score (nSPS) is 16.5. The van der Waals surface area contributed by atoms with Crippen LogP contribution in [0.25, 0.3) is 10.8 Å². The van der Waals surface area contributed by atoms with Gasteiger partial charge < -0.3 is 42.5 Å². The van der Waals surface area contributed by atoms with Gasteiger partial charge in [0.2, 0.25) is 17.7 Å². The lowest BCUT2D eigenvalue weighted by atomic mass is 9.98. The zero-order chi connectivity index (χ0) is 42.9. The number of aliphatic carboxylic acids is 2. The maximum Gasteiger partial charge on any atom is 0.490 e. The summed E-state index contributed by atoms with van der Waals surface area (Å²) in [6.07, 6.45) is -4.67. The second-order valence-corrected chi connectivity index (χ2v) is 13.2. The molecule has 4 rings (SSSR count). The van der Waals surface area contributed by atoms with Crippen LogP contribution in [0.5, 0.6) is 0 Å². The lowest BCUT2D eigenvalue weighted by Crippen LogP contribution is -2.54. The lowest BCUT2D eigenvalue weighted by Gasteiger charge is -2.29. The van der Waals surface area contributed by atoms with Crippen molar-refractivity contribution in [1.29, 1.82) is 0 Å². The minimum Gasteiger partial charge on any atom is -0.475 e. The predicted molar refractivity (Wildman–Crippen MR) is 194 cm³/mol. The molecule has 0 radical (unpaired) electrons. The number of piperidine rings is 1. The zero-order valence-corrected chi connectivity index (χ0v) is 30.9. The topological polar surface area (TPSA) is 252 Å². The number of amides is 3. The van der Waals surface area contributed by atoms with Crippen LogP contribution in [0.3, 0.4) is 0 Å². The van der Waals surface area contributed by atoms with Crippen molar-refractivity contribution in [2.24, 2.45) is 22.2 Å². The van der Waals surface area contributed by atoms with Crippen molar-refractivity contribution in [3.05, 3.63) is 48.0 Å². The van der Waals surface area contributed by atoms with Gasteiger partial charge in [-0.15, -0.1) is 0 Å². The van der Waals surface area contributed by atoms with Gasteiger partial charge in [0.15, 0.2) is 11.7 Å². The molecule has 0 spiro atoms. The highest BCUT2D eigenvalue weighted by Gasteiger charge is 2.39. The van der Waals surface area contributed by atoms with Crippen LogP contribution in [0.4, 0.5) is 26.3 Å². The van der Waals surface area contributed by atoms with Crippen molar-refractivity contribution in [1.82, 2.24) is 15.1 Å². The molecule has 0 aliphatic carbocycles. The quantitative estimate of drug-likeness (QED) is 0.0742. The average molecular weight is 820 g/mol. The number of likely N-dealkylation sites (tertiary alicyclic amines) is 2.